The molecule has 0 unspecified atom stereocenters. The molecule has 2 rings (SSSR count). The Balaban J connectivity index is 0.00000112. The van der Waals surface area contributed by atoms with E-state index in [9.17, 15) is 4.79 Å². The lowest BCUT2D eigenvalue weighted by atomic mass is 10.1. The van der Waals surface area contributed by atoms with Crippen LogP contribution in [0.5, 0.6) is 0 Å². The van der Waals surface area contributed by atoms with Crippen molar-refractivity contribution in [3.05, 3.63) is 33.3 Å². The number of methoxy groups -OCH3 is 1. The third-order valence-corrected chi connectivity index (χ3v) is 3.03. The van der Waals surface area contributed by atoms with Crippen LogP contribution in [0, 0.1) is 0 Å². The van der Waals surface area contributed by atoms with E-state index < -0.39 is 0 Å². The van der Waals surface area contributed by atoms with Gasteiger partial charge in [0.15, 0.2) is 0 Å². The van der Waals surface area contributed by atoms with E-state index in [2.05, 4.69) is 26.0 Å². The first-order chi connectivity index (χ1) is 6.72. The van der Waals surface area contributed by atoms with Crippen LogP contribution in [0.1, 0.15) is 21.5 Å². The van der Waals surface area contributed by atoms with Gasteiger partial charge in [-0.3, -0.25) is 0 Å². The minimum atomic E-state index is -0.291. The first-order valence-electron chi connectivity index (χ1n) is 4.32. The van der Waals surface area contributed by atoms with Crippen molar-refractivity contribution < 1.29 is 9.53 Å². The van der Waals surface area contributed by atoms with Gasteiger partial charge in [0.2, 0.25) is 0 Å². The summed E-state index contributed by atoms with van der Waals surface area (Å²) in [5.74, 6) is -0.291. The molecule has 5 heteroatoms. The Morgan fingerprint density at radius 3 is 2.87 bits per heavy atom. The van der Waals surface area contributed by atoms with E-state index in [1.165, 1.54) is 18.2 Å². The van der Waals surface area contributed by atoms with Crippen LogP contribution in [0.4, 0.5) is 0 Å². The molecule has 0 atom stereocenters. The molecule has 0 spiro atoms. The highest BCUT2D eigenvalue weighted by Crippen LogP contribution is 2.26. The molecule has 1 aromatic carbocycles. The van der Waals surface area contributed by atoms with E-state index in [0.717, 1.165) is 17.6 Å². The number of fused-ring (bicyclic) bond motifs is 1. The topological polar surface area (TPSA) is 38.3 Å². The number of carbonyl (C=O) groups is 1. The lowest BCUT2D eigenvalue weighted by Gasteiger charge is -2.05. The maximum Gasteiger partial charge on any atom is 0.337 e. The number of hydrogen-bond donors (Lipinski definition) is 1. The highest BCUT2D eigenvalue weighted by Gasteiger charge is 2.17. The largest absolute Gasteiger partial charge is 0.465 e. The number of rotatable bonds is 1. The van der Waals surface area contributed by atoms with E-state index in [4.69, 9.17) is 0 Å². The maximum absolute atomic E-state index is 11.3. The summed E-state index contributed by atoms with van der Waals surface area (Å²) in [5.41, 5.74) is 3.00. The van der Waals surface area contributed by atoms with Crippen LogP contribution in [-0.2, 0) is 17.8 Å². The second-order valence-corrected chi connectivity index (χ2v) is 4.05. The van der Waals surface area contributed by atoms with Gasteiger partial charge in [0, 0.05) is 17.6 Å². The van der Waals surface area contributed by atoms with Crippen molar-refractivity contribution in [3.63, 3.8) is 0 Å². The van der Waals surface area contributed by atoms with Gasteiger partial charge in [0.25, 0.3) is 0 Å². The van der Waals surface area contributed by atoms with Gasteiger partial charge in [-0.2, -0.15) is 0 Å². The normalized spacial score (nSPS) is 12.9. The average Bonchev–Trinajstić information content (AvgIpc) is 2.64. The molecule has 0 amide bonds. The SMILES string of the molecule is COC(=O)c1cc(Br)c2c(c1)CNC2.Cl. The Morgan fingerprint density at radius 2 is 2.20 bits per heavy atom. The third kappa shape index (κ3) is 2.33. The van der Waals surface area contributed by atoms with Crippen LogP contribution in [0.3, 0.4) is 0 Å². The summed E-state index contributed by atoms with van der Waals surface area (Å²) in [5, 5.41) is 3.23. The number of nitrogens with one attached hydrogen (secondary N) is 1. The first-order valence-corrected chi connectivity index (χ1v) is 5.12. The third-order valence-electron chi connectivity index (χ3n) is 2.33. The van der Waals surface area contributed by atoms with Gasteiger partial charge >= 0.3 is 5.97 Å². The lowest BCUT2D eigenvalue weighted by molar-refractivity contribution is 0.0600. The molecule has 1 aromatic rings. The number of halogens is 2. The molecular weight excluding hydrogens is 281 g/mol. The molecule has 0 saturated carbocycles. The molecule has 0 saturated heterocycles. The second kappa shape index (κ2) is 4.96. The predicted molar refractivity (Wildman–Crippen MR) is 63.3 cm³/mol. The van der Waals surface area contributed by atoms with Crippen LogP contribution < -0.4 is 5.32 Å². The van der Waals surface area contributed by atoms with E-state index in [0.29, 0.717) is 5.56 Å². The van der Waals surface area contributed by atoms with Crippen molar-refractivity contribution in [2.45, 2.75) is 13.1 Å². The second-order valence-electron chi connectivity index (χ2n) is 3.19. The van der Waals surface area contributed by atoms with Crippen LogP contribution in [0.25, 0.3) is 0 Å². The van der Waals surface area contributed by atoms with Gasteiger partial charge in [-0.1, -0.05) is 15.9 Å². The van der Waals surface area contributed by atoms with Crippen LogP contribution >= 0.6 is 28.3 Å². The van der Waals surface area contributed by atoms with Crippen molar-refractivity contribution >= 4 is 34.3 Å². The minimum absolute atomic E-state index is 0. The summed E-state index contributed by atoms with van der Waals surface area (Å²) >= 11 is 3.45. The predicted octanol–water partition coefficient (Wildman–Crippen LogP) is 2.26. The van der Waals surface area contributed by atoms with Gasteiger partial charge in [0.05, 0.1) is 12.7 Å². The Bertz CT molecular complexity index is 395. The Kier molecular flexibility index (Phi) is 4.13. The summed E-state index contributed by atoms with van der Waals surface area (Å²) in [6.07, 6.45) is 0. The number of ether oxygens (including phenoxy) is 1. The first kappa shape index (κ1) is 12.5. The van der Waals surface area contributed by atoms with E-state index in [-0.39, 0.29) is 18.4 Å². The molecule has 0 aromatic heterocycles. The van der Waals surface area contributed by atoms with Gasteiger partial charge in [0.1, 0.15) is 0 Å². The number of hydrogen-bond acceptors (Lipinski definition) is 3. The standard InChI is InChI=1S/C10H10BrNO2.ClH/c1-14-10(13)6-2-7-4-12-5-8(7)9(11)3-6;/h2-3,12H,4-5H2,1H3;1H. The zero-order chi connectivity index (χ0) is 10.1. The fraction of sp³-hybridized carbons (Fsp3) is 0.300. The van der Waals surface area contributed by atoms with Gasteiger partial charge in [-0.25, -0.2) is 4.79 Å². The maximum atomic E-state index is 11.3. The van der Waals surface area contributed by atoms with Crippen molar-refractivity contribution in [2.75, 3.05) is 7.11 Å². The molecule has 0 aliphatic carbocycles. The van der Waals surface area contributed by atoms with Gasteiger partial charge in [-0.15, -0.1) is 12.4 Å². The highest BCUT2D eigenvalue weighted by atomic mass is 79.9. The molecule has 3 nitrogen and oxygen atoms in total. The lowest BCUT2D eigenvalue weighted by Crippen LogP contribution is -2.02. The average molecular weight is 293 g/mol. The van der Waals surface area contributed by atoms with E-state index in [1.54, 1.807) is 6.07 Å². The Labute approximate surface area is 103 Å². The molecule has 0 bridgehead atoms. The zero-order valence-corrected chi connectivity index (χ0v) is 10.6. The molecule has 1 aliphatic heterocycles. The summed E-state index contributed by atoms with van der Waals surface area (Å²) in [7, 11) is 1.39. The quantitative estimate of drug-likeness (QED) is 0.807. The van der Waals surface area contributed by atoms with E-state index in [1.807, 2.05) is 6.07 Å². The van der Waals surface area contributed by atoms with Crippen LogP contribution in [0.15, 0.2) is 16.6 Å². The minimum Gasteiger partial charge on any atom is -0.465 e. The molecule has 82 valence electrons. The summed E-state index contributed by atoms with van der Waals surface area (Å²) in [4.78, 5) is 11.3. The van der Waals surface area contributed by atoms with Crippen molar-refractivity contribution in [3.8, 4) is 0 Å². The monoisotopic (exact) mass is 291 g/mol. The summed E-state index contributed by atoms with van der Waals surface area (Å²) < 4.78 is 5.64. The number of benzene rings is 1. The molecular formula is C10H11BrClNO2. The summed E-state index contributed by atoms with van der Waals surface area (Å²) in [6, 6.07) is 3.68. The zero-order valence-electron chi connectivity index (χ0n) is 8.17. The molecule has 15 heavy (non-hydrogen) atoms. The molecule has 0 radical (unpaired) electrons. The van der Waals surface area contributed by atoms with Crippen molar-refractivity contribution in [1.29, 1.82) is 0 Å². The summed E-state index contributed by atoms with van der Waals surface area (Å²) in [6.45, 7) is 1.68. The van der Waals surface area contributed by atoms with E-state index >= 15 is 0 Å². The Hall–Kier alpha value is -0.580. The van der Waals surface area contributed by atoms with Crippen molar-refractivity contribution in [2.24, 2.45) is 0 Å². The number of esters is 1. The van der Waals surface area contributed by atoms with Gasteiger partial charge < -0.3 is 10.1 Å². The molecule has 1 N–H and O–H groups in total. The van der Waals surface area contributed by atoms with Crippen LogP contribution in [0.2, 0.25) is 0 Å². The molecule has 1 aliphatic rings. The molecule has 0 fully saturated rings. The molecule has 1 heterocycles. The highest BCUT2D eigenvalue weighted by molar-refractivity contribution is 9.10. The van der Waals surface area contributed by atoms with Crippen LogP contribution in [-0.4, -0.2) is 13.1 Å². The fourth-order valence-electron chi connectivity index (χ4n) is 1.61. The van der Waals surface area contributed by atoms with Crippen molar-refractivity contribution in [1.82, 2.24) is 5.32 Å². The van der Waals surface area contributed by atoms with Gasteiger partial charge in [-0.05, 0) is 23.3 Å². The Morgan fingerprint density at radius 1 is 1.47 bits per heavy atom. The smallest absolute Gasteiger partial charge is 0.337 e. The number of carbonyl (C=O) groups excluding carboxylic acids is 1. The fourth-order valence-corrected chi connectivity index (χ4v) is 2.25.